The molecule has 3 N–H and O–H groups in total. The Bertz CT molecular complexity index is 674. The first-order valence-electron chi connectivity index (χ1n) is 6.13. The molecule has 0 atom stereocenters. The van der Waals surface area contributed by atoms with Crippen molar-refractivity contribution >= 4 is 33.2 Å². The number of nitrogens with two attached hydrogens (primary N) is 1. The van der Waals surface area contributed by atoms with Crippen LogP contribution in [0.4, 0.5) is 11.4 Å². The highest BCUT2D eigenvalue weighted by Gasteiger charge is 2.10. The number of benzene rings is 2. The molecule has 0 saturated carbocycles. The van der Waals surface area contributed by atoms with E-state index in [0.717, 1.165) is 4.47 Å². The smallest absolute Gasteiger partial charge is 0.255 e. The second kappa shape index (κ2) is 6.49. The summed E-state index contributed by atoms with van der Waals surface area (Å²) in [5.74, 6) is 0.922. The van der Waals surface area contributed by atoms with Crippen LogP contribution in [0.5, 0.6) is 11.5 Å². The van der Waals surface area contributed by atoms with Gasteiger partial charge < -0.3 is 20.5 Å². The maximum atomic E-state index is 12.2. The van der Waals surface area contributed by atoms with E-state index >= 15 is 0 Å². The highest BCUT2D eigenvalue weighted by atomic mass is 79.9. The summed E-state index contributed by atoms with van der Waals surface area (Å²) in [4.78, 5) is 12.2. The normalized spacial score (nSPS) is 10.0. The Balaban J connectivity index is 2.19. The topological polar surface area (TPSA) is 73.6 Å². The highest BCUT2D eigenvalue weighted by Crippen LogP contribution is 2.28. The molecule has 21 heavy (non-hydrogen) atoms. The molecule has 0 aliphatic carbocycles. The Morgan fingerprint density at radius 2 is 1.81 bits per heavy atom. The number of anilines is 2. The van der Waals surface area contributed by atoms with E-state index in [1.54, 1.807) is 43.5 Å². The molecule has 0 aromatic heterocycles. The molecule has 0 saturated heterocycles. The van der Waals surface area contributed by atoms with Crippen molar-refractivity contribution in [3.8, 4) is 11.5 Å². The lowest BCUT2D eigenvalue weighted by molar-refractivity contribution is 0.102. The van der Waals surface area contributed by atoms with Crippen molar-refractivity contribution in [3.63, 3.8) is 0 Å². The monoisotopic (exact) mass is 350 g/mol. The van der Waals surface area contributed by atoms with E-state index in [4.69, 9.17) is 15.2 Å². The molecule has 2 rings (SSSR count). The van der Waals surface area contributed by atoms with E-state index in [1.807, 2.05) is 0 Å². The van der Waals surface area contributed by atoms with E-state index in [1.165, 1.54) is 7.11 Å². The van der Waals surface area contributed by atoms with Gasteiger partial charge in [-0.05, 0) is 52.3 Å². The molecular formula is C15H15BrN2O3. The fourth-order valence-electron chi connectivity index (χ4n) is 1.80. The lowest BCUT2D eigenvalue weighted by Crippen LogP contribution is -2.12. The molecule has 110 valence electrons. The first-order valence-corrected chi connectivity index (χ1v) is 6.93. The van der Waals surface area contributed by atoms with Gasteiger partial charge in [0.15, 0.2) is 0 Å². The van der Waals surface area contributed by atoms with Gasteiger partial charge in [0.1, 0.15) is 11.5 Å². The quantitative estimate of drug-likeness (QED) is 0.829. The first kappa shape index (κ1) is 15.2. The molecule has 0 aliphatic heterocycles. The van der Waals surface area contributed by atoms with Gasteiger partial charge >= 0.3 is 0 Å². The Hall–Kier alpha value is -2.21. The maximum absolute atomic E-state index is 12.2. The summed E-state index contributed by atoms with van der Waals surface area (Å²) < 4.78 is 11.0. The van der Waals surface area contributed by atoms with Crippen LogP contribution in [0, 0.1) is 0 Å². The molecule has 0 radical (unpaired) electrons. The first-order chi connectivity index (χ1) is 10.0. The lowest BCUT2D eigenvalue weighted by atomic mass is 10.1. The van der Waals surface area contributed by atoms with Crippen LogP contribution in [0.25, 0.3) is 0 Å². The van der Waals surface area contributed by atoms with Gasteiger partial charge in [0.2, 0.25) is 0 Å². The summed E-state index contributed by atoms with van der Waals surface area (Å²) in [6.07, 6.45) is 0. The molecule has 0 aliphatic rings. The minimum absolute atomic E-state index is 0.245. The summed E-state index contributed by atoms with van der Waals surface area (Å²) in [6, 6.07) is 10.2. The Kier molecular flexibility index (Phi) is 4.70. The van der Waals surface area contributed by atoms with Crippen LogP contribution in [0.1, 0.15) is 10.4 Å². The Morgan fingerprint density at radius 3 is 2.43 bits per heavy atom. The predicted molar refractivity (Wildman–Crippen MR) is 86.1 cm³/mol. The van der Waals surface area contributed by atoms with Crippen LogP contribution in [-0.2, 0) is 0 Å². The van der Waals surface area contributed by atoms with Gasteiger partial charge in [0.25, 0.3) is 5.91 Å². The number of nitrogen functional groups attached to an aromatic ring is 1. The molecule has 2 aromatic carbocycles. The highest BCUT2D eigenvalue weighted by molar-refractivity contribution is 9.10. The number of rotatable bonds is 4. The third-order valence-electron chi connectivity index (χ3n) is 2.91. The number of methoxy groups -OCH3 is 2. The van der Waals surface area contributed by atoms with Gasteiger partial charge in [0.05, 0.1) is 24.4 Å². The molecule has 0 spiro atoms. The maximum Gasteiger partial charge on any atom is 0.255 e. The van der Waals surface area contributed by atoms with E-state index in [9.17, 15) is 4.79 Å². The van der Waals surface area contributed by atoms with Crippen molar-refractivity contribution in [3.05, 3.63) is 46.4 Å². The predicted octanol–water partition coefficient (Wildman–Crippen LogP) is 3.30. The number of halogens is 1. The third kappa shape index (κ3) is 3.46. The summed E-state index contributed by atoms with van der Waals surface area (Å²) in [6.45, 7) is 0. The fraction of sp³-hybridized carbons (Fsp3) is 0.133. The van der Waals surface area contributed by atoms with Crippen molar-refractivity contribution in [2.45, 2.75) is 0 Å². The van der Waals surface area contributed by atoms with E-state index in [2.05, 4.69) is 21.2 Å². The molecule has 0 heterocycles. The van der Waals surface area contributed by atoms with Gasteiger partial charge in [-0.15, -0.1) is 0 Å². The molecule has 0 fully saturated rings. The van der Waals surface area contributed by atoms with Crippen molar-refractivity contribution in [2.24, 2.45) is 0 Å². The molecule has 5 nitrogen and oxygen atoms in total. The van der Waals surface area contributed by atoms with Crippen molar-refractivity contribution in [1.29, 1.82) is 0 Å². The van der Waals surface area contributed by atoms with Gasteiger partial charge in [-0.1, -0.05) is 0 Å². The zero-order valence-corrected chi connectivity index (χ0v) is 13.2. The number of hydrogen-bond acceptors (Lipinski definition) is 4. The standard InChI is InChI=1S/C15H15BrN2O3/c1-20-13-6-4-10(8-11(13)16)18-15(19)9-3-5-12(17)14(7-9)21-2/h3-8H,17H2,1-2H3,(H,18,19). The molecule has 6 heteroatoms. The van der Waals surface area contributed by atoms with Crippen LogP contribution in [0.3, 0.4) is 0 Å². The number of carbonyl (C=O) groups is 1. The van der Waals surface area contributed by atoms with Crippen LogP contribution in [-0.4, -0.2) is 20.1 Å². The fourth-order valence-corrected chi connectivity index (χ4v) is 2.34. The van der Waals surface area contributed by atoms with Crippen molar-refractivity contribution < 1.29 is 14.3 Å². The summed E-state index contributed by atoms with van der Waals surface area (Å²) in [5, 5.41) is 2.80. The summed E-state index contributed by atoms with van der Waals surface area (Å²) in [7, 11) is 3.09. The number of amides is 1. The minimum Gasteiger partial charge on any atom is -0.496 e. The molecular weight excluding hydrogens is 336 g/mol. The lowest BCUT2D eigenvalue weighted by Gasteiger charge is -2.10. The van der Waals surface area contributed by atoms with Crippen LogP contribution >= 0.6 is 15.9 Å². The molecule has 0 unspecified atom stereocenters. The van der Waals surface area contributed by atoms with Gasteiger partial charge in [-0.25, -0.2) is 0 Å². The van der Waals surface area contributed by atoms with Crippen molar-refractivity contribution in [1.82, 2.24) is 0 Å². The largest absolute Gasteiger partial charge is 0.496 e. The van der Waals surface area contributed by atoms with Gasteiger partial charge in [-0.3, -0.25) is 4.79 Å². The van der Waals surface area contributed by atoms with E-state index in [0.29, 0.717) is 28.4 Å². The second-order valence-corrected chi connectivity index (χ2v) is 5.11. The van der Waals surface area contributed by atoms with E-state index in [-0.39, 0.29) is 5.91 Å². The van der Waals surface area contributed by atoms with E-state index < -0.39 is 0 Å². The van der Waals surface area contributed by atoms with Crippen LogP contribution in [0.2, 0.25) is 0 Å². The number of nitrogens with one attached hydrogen (secondary N) is 1. The number of hydrogen-bond donors (Lipinski definition) is 2. The zero-order valence-electron chi connectivity index (χ0n) is 11.6. The molecule has 2 aromatic rings. The zero-order chi connectivity index (χ0) is 15.4. The van der Waals surface area contributed by atoms with Crippen LogP contribution < -0.4 is 20.5 Å². The Labute approximate surface area is 131 Å². The van der Waals surface area contributed by atoms with Gasteiger partial charge in [-0.2, -0.15) is 0 Å². The SMILES string of the molecule is COc1cc(C(=O)Nc2ccc(OC)c(Br)c2)ccc1N. The molecule has 1 amide bonds. The third-order valence-corrected chi connectivity index (χ3v) is 3.53. The van der Waals surface area contributed by atoms with Crippen LogP contribution in [0.15, 0.2) is 40.9 Å². The second-order valence-electron chi connectivity index (χ2n) is 4.26. The molecule has 0 bridgehead atoms. The Morgan fingerprint density at radius 1 is 1.10 bits per heavy atom. The van der Waals surface area contributed by atoms with Gasteiger partial charge in [0, 0.05) is 11.3 Å². The summed E-state index contributed by atoms with van der Waals surface area (Å²) in [5.41, 5.74) is 7.34. The number of carbonyl (C=O) groups excluding carboxylic acids is 1. The minimum atomic E-state index is -0.245. The average molecular weight is 351 g/mol. The average Bonchev–Trinajstić information content (AvgIpc) is 2.48. The number of ether oxygens (including phenoxy) is 2. The van der Waals surface area contributed by atoms with Crippen molar-refractivity contribution in [2.75, 3.05) is 25.3 Å². The summed E-state index contributed by atoms with van der Waals surface area (Å²) >= 11 is 3.37.